The third-order valence-electron chi connectivity index (χ3n) is 3.33. The summed E-state index contributed by atoms with van der Waals surface area (Å²) in [7, 11) is 0. The molecule has 1 aliphatic rings. The summed E-state index contributed by atoms with van der Waals surface area (Å²) >= 11 is 0. The largest absolute Gasteiger partial charge is 0.484 e. The van der Waals surface area contributed by atoms with Crippen molar-refractivity contribution < 1.29 is 9.66 Å². The van der Waals surface area contributed by atoms with Gasteiger partial charge in [0.2, 0.25) is 0 Å². The first-order chi connectivity index (χ1) is 9.47. The highest BCUT2D eigenvalue weighted by Crippen LogP contribution is 2.33. The number of ether oxygens (including phenoxy) is 1. The number of piperidine rings is 1. The molecule has 0 saturated carbocycles. The van der Waals surface area contributed by atoms with Gasteiger partial charge in [-0.1, -0.05) is 0 Å². The SMILES string of the molecule is CC(C)Oc1cc(N2CCCC(N)C2)ccc1[N+](=O)[O-]. The maximum Gasteiger partial charge on any atom is 0.311 e. The van der Waals surface area contributed by atoms with E-state index in [0.29, 0.717) is 5.75 Å². The molecule has 0 aromatic heterocycles. The average Bonchev–Trinajstić information content (AvgIpc) is 2.37. The van der Waals surface area contributed by atoms with E-state index in [1.165, 1.54) is 6.07 Å². The lowest BCUT2D eigenvalue weighted by Gasteiger charge is -2.32. The molecule has 1 aromatic carbocycles. The van der Waals surface area contributed by atoms with Gasteiger partial charge in [-0.3, -0.25) is 10.1 Å². The zero-order chi connectivity index (χ0) is 14.7. The number of nitrogens with zero attached hydrogens (tertiary/aromatic N) is 2. The van der Waals surface area contributed by atoms with Crippen LogP contribution in [0.25, 0.3) is 0 Å². The van der Waals surface area contributed by atoms with Gasteiger partial charge in [0.15, 0.2) is 5.75 Å². The van der Waals surface area contributed by atoms with E-state index in [9.17, 15) is 10.1 Å². The summed E-state index contributed by atoms with van der Waals surface area (Å²) in [6.45, 7) is 5.41. The van der Waals surface area contributed by atoms with E-state index in [1.807, 2.05) is 13.8 Å². The minimum absolute atomic E-state index is 0.00348. The van der Waals surface area contributed by atoms with Gasteiger partial charge in [-0.25, -0.2) is 0 Å². The third kappa shape index (κ3) is 3.39. The highest BCUT2D eigenvalue weighted by Gasteiger charge is 2.21. The second-order valence-electron chi connectivity index (χ2n) is 5.42. The molecule has 20 heavy (non-hydrogen) atoms. The van der Waals surface area contributed by atoms with E-state index in [-0.39, 0.29) is 17.8 Å². The summed E-state index contributed by atoms with van der Waals surface area (Å²) in [5.41, 5.74) is 6.91. The van der Waals surface area contributed by atoms with Crippen molar-refractivity contribution in [1.82, 2.24) is 0 Å². The molecule has 2 N–H and O–H groups in total. The first-order valence-corrected chi connectivity index (χ1v) is 6.93. The van der Waals surface area contributed by atoms with E-state index in [4.69, 9.17) is 10.5 Å². The normalized spacial score (nSPS) is 19.2. The van der Waals surface area contributed by atoms with Crippen molar-refractivity contribution in [3.8, 4) is 5.75 Å². The average molecular weight is 279 g/mol. The van der Waals surface area contributed by atoms with E-state index in [0.717, 1.165) is 31.6 Å². The van der Waals surface area contributed by atoms with Gasteiger partial charge in [0.05, 0.1) is 11.0 Å². The second-order valence-corrected chi connectivity index (χ2v) is 5.42. The van der Waals surface area contributed by atoms with Gasteiger partial charge in [0, 0.05) is 37.0 Å². The number of nitrogens with two attached hydrogens (primary N) is 1. The predicted octanol–water partition coefficient (Wildman–Crippen LogP) is 2.31. The summed E-state index contributed by atoms with van der Waals surface area (Å²) in [6.07, 6.45) is 1.96. The van der Waals surface area contributed by atoms with Crippen LogP contribution in [0.3, 0.4) is 0 Å². The lowest BCUT2D eigenvalue weighted by atomic mass is 10.1. The molecule has 1 fully saturated rings. The Morgan fingerprint density at radius 3 is 2.85 bits per heavy atom. The van der Waals surface area contributed by atoms with Gasteiger partial charge in [-0.05, 0) is 32.8 Å². The third-order valence-corrected chi connectivity index (χ3v) is 3.33. The molecule has 6 nitrogen and oxygen atoms in total. The van der Waals surface area contributed by atoms with Crippen molar-refractivity contribution in [3.05, 3.63) is 28.3 Å². The molecular formula is C14H21N3O3. The van der Waals surface area contributed by atoms with Crippen LogP contribution in [0.1, 0.15) is 26.7 Å². The highest BCUT2D eigenvalue weighted by molar-refractivity contribution is 5.59. The number of benzene rings is 1. The molecule has 6 heteroatoms. The van der Waals surface area contributed by atoms with Crippen LogP contribution in [0.5, 0.6) is 5.75 Å². The number of hydrogen-bond donors (Lipinski definition) is 1. The maximum absolute atomic E-state index is 11.0. The van der Waals surface area contributed by atoms with Gasteiger partial charge in [0.25, 0.3) is 0 Å². The number of nitro benzene ring substituents is 1. The molecule has 0 aliphatic carbocycles. The molecular weight excluding hydrogens is 258 g/mol. The number of anilines is 1. The monoisotopic (exact) mass is 279 g/mol. The smallest absolute Gasteiger partial charge is 0.311 e. The van der Waals surface area contributed by atoms with Crippen molar-refractivity contribution >= 4 is 11.4 Å². The van der Waals surface area contributed by atoms with Gasteiger partial charge >= 0.3 is 5.69 Å². The van der Waals surface area contributed by atoms with Gasteiger partial charge in [-0.2, -0.15) is 0 Å². The zero-order valence-corrected chi connectivity index (χ0v) is 11.9. The lowest BCUT2D eigenvalue weighted by Crippen LogP contribution is -2.42. The molecule has 0 spiro atoms. The number of nitro groups is 1. The number of rotatable bonds is 4. The van der Waals surface area contributed by atoms with Crippen molar-refractivity contribution in [2.45, 2.75) is 38.8 Å². The van der Waals surface area contributed by atoms with Crippen LogP contribution in [-0.4, -0.2) is 30.2 Å². The Bertz CT molecular complexity index is 491. The molecule has 0 radical (unpaired) electrons. The molecule has 2 rings (SSSR count). The van der Waals surface area contributed by atoms with Crippen LogP contribution in [-0.2, 0) is 0 Å². The van der Waals surface area contributed by atoms with Crippen molar-refractivity contribution in [2.75, 3.05) is 18.0 Å². The molecule has 1 atom stereocenters. The van der Waals surface area contributed by atoms with Crippen molar-refractivity contribution in [3.63, 3.8) is 0 Å². The van der Waals surface area contributed by atoms with E-state index in [2.05, 4.69) is 4.90 Å². The Labute approximate surface area is 118 Å². The summed E-state index contributed by atoms with van der Waals surface area (Å²) in [5, 5.41) is 11.0. The summed E-state index contributed by atoms with van der Waals surface area (Å²) in [6, 6.07) is 5.18. The number of hydrogen-bond acceptors (Lipinski definition) is 5. The molecule has 0 amide bonds. The molecule has 1 aromatic rings. The zero-order valence-electron chi connectivity index (χ0n) is 11.9. The molecule has 1 saturated heterocycles. The fourth-order valence-corrected chi connectivity index (χ4v) is 2.44. The Morgan fingerprint density at radius 1 is 1.50 bits per heavy atom. The van der Waals surface area contributed by atoms with Gasteiger partial charge in [0.1, 0.15) is 0 Å². The van der Waals surface area contributed by atoms with E-state index in [1.54, 1.807) is 12.1 Å². The molecule has 110 valence electrons. The summed E-state index contributed by atoms with van der Waals surface area (Å²) in [5.74, 6) is 0.321. The van der Waals surface area contributed by atoms with E-state index < -0.39 is 4.92 Å². The first kappa shape index (κ1) is 14.6. The first-order valence-electron chi connectivity index (χ1n) is 6.93. The minimum atomic E-state index is -0.413. The molecule has 0 bridgehead atoms. The highest BCUT2D eigenvalue weighted by atomic mass is 16.6. The summed E-state index contributed by atoms with van der Waals surface area (Å²) < 4.78 is 5.57. The quantitative estimate of drug-likeness (QED) is 0.675. The van der Waals surface area contributed by atoms with Gasteiger partial charge < -0.3 is 15.4 Å². The minimum Gasteiger partial charge on any atom is -0.484 e. The summed E-state index contributed by atoms with van der Waals surface area (Å²) in [4.78, 5) is 12.8. The molecule has 1 heterocycles. The van der Waals surface area contributed by atoms with Crippen LogP contribution < -0.4 is 15.4 Å². The predicted molar refractivity (Wildman–Crippen MR) is 78.3 cm³/mol. The Morgan fingerprint density at radius 2 is 2.25 bits per heavy atom. The van der Waals surface area contributed by atoms with Crippen molar-refractivity contribution in [2.24, 2.45) is 5.73 Å². The lowest BCUT2D eigenvalue weighted by molar-refractivity contribution is -0.386. The Hall–Kier alpha value is -1.82. The van der Waals surface area contributed by atoms with Crippen molar-refractivity contribution in [1.29, 1.82) is 0 Å². The maximum atomic E-state index is 11.0. The van der Waals surface area contributed by atoms with Crippen LogP contribution in [0.15, 0.2) is 18.2 Å². The fraction of sp³-hybridized carbons (Fsp3) is 0.571. The van der Waals surface area contributed by atoms with Crippen LogP contribution in [0.4, 0.5) is 11.4 Å². The standard InChI is InChI=1S/C14H21N3O3/c1-10(2)20-14-8-12(5-6-13(14)17(18)19)16-7-3-4-11(15)9-16/h5-6,8,10-11H,3-4,7,9,15H2,1-2H3. The molecule has 1 unspecified atom stereocenters. The van der Waals surface area contributed by atoms with Crippen LogP contribution in [0.2, 0.25) is 0 Å². The fourth-order valence-electron chi connectivity index (χ4n) is 2.44. The second kappa shape index (κ2) is 6.09. The Balaban J connectivity index is 2.28. The van der Waals surface area contributed by atoms with E-state index >= 15 is 0 Å². The van der Waals surface area contributed by atoms with Gasteiger partial charge in [-0.15, -0.1) is 0 Å². The topological polar surface area (TPSA) is 81.6 Å². The van der Waals surface area contributed by atoms with Crippen LogP contribution >= 0.6 is 0 Å². The van der Waals surface area contributed by atoms with Crippen LogP contribution in [0, 0.1) is 10.1 Å². The molecule has 1 aliphatic heterocycles. The Kier molecular flexibility index (Phi) is 4.44.